The maximum Gasteiger partial charge on any atom is 0.231 e. The Bertz CT molecular complexity index is 352. The molecular weight excluding hydrogens is 230 g/mol. The van der Waals surface area contributed by atoms with Crippen LogP contribution in [0, 0.1) is 0 Å². The van der Waals surface area contributed by atoms with Crippen LogP contribution >= 0.6 is 0 Å². The van der Waals surface area contributed by atoms with Crippen LogP contribution in [0.5, 0.6) is 0 Å². The summed E-state index contributed by atoms with van der Waals surface area (Å²) in [5.74, 6) is 1.93. The fourth-order valence-corrected chi connectivity index (χ4v) is 2.65. The van der Waals surface area contributed by atoms with Crippen molar-refractivity contribution in [2.45, 2.75) is 51.0 Å². The summed E-state index contributed by atoms with van der Waals surface area (Å²) in [5, 5.41) is 7.56. The summed E-state index contributed by atoms with van der Waals surface area (Å²) in [6.07, 6.45) is 5.61. The van der Waals surface area contributed by atoms with Gasteiger partial charge in [-0.2, -0.15) is 4.98 Å². The highest BCUT2D eigenvalue weighted by Crippen LogP contribution is 2.32. The number of likely N-dealkylation sites (N-methyl/N-ethyl adjacent to an activating group) is 1. The summed E-state index contributed by atoms with van der Waals surface area (Å²) in [6, 6.07) is 0.486. The minimum absolute atomic E-state index is 0.377. The molecule has 1 aliphatic rings. The zero-order valence-electron chi connectivity index (χ0n) is 11.3. The minimum atomic E-state index is 0.377. The Hall–Kier alpha value is -0.940. The van der Waals surface area contributed by atoms with Crippen LogP contribution < -0.4 is 5.32 Å². The molecule has 2 unspecified atom stereocenters. The van der Waals surface area contributed by atoms with Crippen molar-refractivity contribution in [1.82, 2.24) is 15.5 Å². The first kappa shape index (κ1) is 13.5. The van der Waals surface area contributed by atoms with E-state index in [1.165, 1.54) is 19.3 Å². The van der Waals surface area contributed by atoms with E-state index in [1.807, 2.05) is 0 Å². The van der Waals surface area contributed by atoms with Crippen molar-refractivity contribution in [3.8, 4) is 0 Å². The molecule has 1 aromatic rings. The number of methoxy groups -OCH3 is 1. The Morgan fingerprint density at radius 3 is 3.00 bits per heavy atom. The number of nitrogens with zero attached hydrogens (tertiary/aromatic N) is 2. The smallest absolute Gasteiger partial charge is 0.231 e. The minimum Gasteiger partial charge on any atom is -0.384 e. The number of rotatable bonds is 6. The van der Waals surface area contributed by atoms with Gasteiger partial charge in [0.15, 0.2) is 5.82 Å². The van der Waals surface area contributed by atoms with Crippen molar-refractivity contribution in [3.63, 3.8) is 0 Å². The van der Waals surface area contributed by atoms with Gasteiger partial charge < -0.3 is 14.6 Å². The van der Waals surface area contributed by atoms with Gasteiger partial charge in [0.25, 0.3) is 0 Å². The molecule has 5 nitrogen and oxygen atoms in total. The van der Waals surface area contributed by atoms with Gasteiger partial charge in [-0.05, 0) is 19.4 Å². The van der Waals surface area contributed by atoms with Crippen molar-refractivity contribution in [2.24, 2.45) is 0 Å². The molecule has 1 aromatic heterocycles. The normalized spacial score (nSPS) is 24.3. The molecule has 102 valence electrons. The van der Waals surface area contributed by atoms with E-state index in [9.17, 15) is 0 Å². The Morgan fingerprint density at radius 2 is 2.22 bits per heavy atom. The fraction of sp³-hybridized carbons (Fsp3) is 0.846. The molecule has 0 amide bonds. The molecular formula is C13H23N3O2. The quantitative estimate of drug-likeness (QED) is 0.839. The third-order valence-electron chi connectivity index (χ3n) is 3.56. The zero-order chi connectivity index (χ0) is 12.8. The highest BCUT2D eigenvalue weighted by molar-refractivity contribution is 5.01. The third kappa shape index (κ3) is 3.29. The second-order valence-electron chi connectivity index (χ2n) is 4.85. The molecule has 1 N–H and O–H groups in total. The van der Waals surface area contributed by atoms with Gasteiger partial charge in [0.05, 0.1) is 12.5 Å². The second kappa shape index (κ2) is 6.85. The maximum atomic E-state index is 5.42. The Kier molecular flexibility index (Phi) is 5.13. The van der Waals surface area contributed by atoms with E-state index in [2.05, 4.69) is 22.4 Å². The van der Waals surface area contributed by atoms with Crippen LogP contribution in [0.15, 0.2) is 4.52 Å². The van der Waals surface area contributed by atoms with Crippen LogP contribution in [-0.4, -0.2) is 36.4 Å². The number of aromatic nitrogens is 2. The average molecular weight is 253 g/mol. The molecule has 0 saturated heterocycles. The van der Waals surface area contributed by atoms with Gasteiger partial charge in [-0.3, -0.25) is 0 Å². The highest BCUT2D eigenvalue weighted by Gasteiger charge is 2.30. The van der Waals surface area contributed by atoms with Crippen LogP contribution in [0.4, 0.5) is 0 Å². The highest BCUT2D eigenvalue weighted by atomic mass is 16.5. The summed E-state index contributed by atoms with van der Waals surface area (Å²) in [6.45, 7) is 3.77. The Balaban J connectivity index is 2.01. The predicted molar refractivity (Wildman–Crippen MR) is 68.6 cm³/mol. The van der Waals surface area contributed by atoms with Crippen molar-refractivity contribution in [2.75, 3.05) is 20.3 Å². The molecule has 1 saturated carbocycles. The predicted octanol–water partition coefficient (Wildman–Crippen LogP) is 1.89. The van der Waals surface area contributed by atoms with E-state index in [1.54, 1.807) is 7.11 Å². The first-order valence-electron chi connectivity index (χ1n) is 6.90. The van der Waals surface area contributed by atoms with E-state index < -0.39 is 0 Å². The number of hydrogen-bond donors (Lipinski definition) is 1. The molecule has 1 aliphatic carbocycles. The standard InChI is InChI=1S/C13H23N3O2/c1-3-14-11-7-5-4-6-10(11)13-15-12(16-18-13)8-9-17-2/h10-11,14H,3-9H2,1-2H3. The lowest BCUT2D eigenvalue weighted by atomic mass is 9.84. The maximum absolute atomic E-state index is 5.42. The Labute approximate surface area is 108 Å². The first-order chi connectivity index (χ1) is 8.85. The van der Waals surface area contributed by atoms with Crippen molar-refractivity contribution in [3.05, 3.63) is 11.7 Å². The molecule has 1 fully saturated rings. The van der Waals surface area contributed by atoms with Crippen molar-refractivity contribution in [1.29, 1.82) is 0 Å². The van der Waals surface area contributed by atoms with Crippen LogP contribution in [0.25, 0.3) is 0 Å². The van der Waals surface area contributed by atoms with E-state index in [0.29, 0.717) is 18.6 Å². The molecule has 0 bridgehead atoms. The van der Waals surface area contributed by atoms with Gasteiger partial charge in [0, 0.05) is 19.6 Å². The van der Waals surface area contributed by atoms with E-state index in [-0.39, 0.29) is 0 Å². The fourth-order valence-electron chi connectivity index (χ4n) is 2.65. The van der Waals surface area contributed by atoms with E-state index in [4.69, 9.17) is 9.26 Å². The third-order valence-corrected chi connectivity index (χ3v) is 3.56. The molecule has 5 heteroatoms. The van der Waals surface area contributed by atoms with Crippen LogP contribution in [0.3, 0.4) is 0 Å². The monoisotopic (exact) mass is 253 g/mol. The van der Waals surface area contributed by atoms with Gasteiger partial charge in [-0.1, -0.05) is 24.9 Å². The Morgan fingerprint density at radius 1 is 1.39 bits per heavy atom. The number of ether oxygens (including phenoxy) is 1. The van der Waals surface area contributed by atoms with Crippen LogP contribution in [0.2, 0.25) is 0 Å². The average Bonchev–Trinajstić information content (AvgIpc) is 2.86. The lowest BCUT2D eigenvalue weighted by Gasteiger charge is -2.29. The van der Waals surface area contributed by atoms with Crippen LogP contribution in [-0.2, 0) is 11.2 Å². The molecule has 1 heterocycles. The first-order valence-corrected chi connectivity index (χ1v) is 6.90. The molecule has 0 aromatic carbocycles. The lowest BCUT2D eigenvalue weighted by Crippen LogP contribution is -2.37. The largest absolute Gasteiger partial charge is 0.384 e. The van der Waals surface area contributed by atoms with E-state index in [0.717, 1.165) is 31.1 Å². The molecule has 0 radical (unpaired) electrons. The number of nitrogens with one attached hydrogen (secondary N) is 1. The summed E-state index contributed by atoms with van der Waals surface area (Å²) in [7, 11) is 1.68. The van der Waals surface area contributed by atoms with Crippen LogP contribution in [0.1, 0.15) is 50.2 Å². The van der Waals surface area contributed by atoms with E-state index >= 15 is 0 Å². The SMILES string of the molecule is CCNC1CCCCC1c1nc(CCOC)no1. The van der Waals surface area contributed by atoms with Gasteiger partial charge in [0.1, 0.15) is 0 Å². The molecule has 18 heavy (non-hydrogen) atoms. The lowest BCUT2D eigenvalue weighted by molar-refractivity contribution is 0.199. The molecule has 2 rings (SSSR count). The van der Waals surface area contributed by atoms with Crippen molar-refractivity contribution < 1.29 is 9.26 Å². The summed E-state index contributed by atoms with van der Waals surface area (Å²) < 4.78 is 10.4. The van der Waals surface area contributed by atoms with Gasteiger partial charge in [0.2, 0.25) is 5.89 Å². The van der Waals surface area contributed by atoms with Crippen molar-refractivity contribution >= 4 is 0 Å². The molecule has 2 atom stereocenters. The summed E-state index contributed by atoms with van der Waals surface area (Å²) >= 11 is 0. The number of hydrogen-bond acceptors (Lipinski definition) is 5. The topological polar surface area (TPSA) is 60.2 Å². The van der Waals surface area contributed by atoms with Gasteiger partial charge in [-0.25, -0.2) is 0 Å². The second-order valence-corrected chi connectivity index (χ2v) is 4.85. The zero-order valence-corrected chi connectivity index (χ0v) is 11.3. The summed E-state index contributed by atoms with van der Waals surface area (Å²) in [4.78, 5) is 4.51. The van der Waals surface area contributed by atoms with Gasteiger partial charge in [-0.15, -0.1) is 0 Å². The molecule has 0 spiro atoms. The summed E-state index contributed by atoms with van der Waals surface area (Å²) in [5.41, 5.74) is 0. The van der Waals surface area contributed by atoms with Gasteiger partial charge >= 0.3 is 0 Å². The molecule has 0 aliphatic heterocycles.